The smallest absolute Gasteiger partial charge is 0.330 e. The highest BCUT2D eigenvalue weighted by Crippen LogP contribution is 2.37. The lowest BCUT2D eigenvalue weighted by Gasteiger charge is -2.18. The number of aromatic nitrogens is 1. The number of methoxy groups -OCH3 is 1. The van der Waals surface area contributed by atoms with Crippen LogP contribution in [0.1, 0.15) is 17.2 Å². The quantitative estimate of drug-likeness (QED) is 0.507. The third-order valence-corrected chi connectivity index (χ3v) is 5.91. The maximum atomic E-state index is 13.1. The molecular formula is C26H22N2O3. The number of carbonyl (C=O) groups is 1. The Labute approximate surface area is 179 Å². The molecule has 0 bridgehead atoms. The monoisotopic (exact) mass is 410 g/mol. The van der Waals surface area contributed by atoms with Crippen LogP contribution in [-0.2, 0) is 16.0 Å². The number of benzene rings is 3. The van der Waals surface area contributed by atoms with Crippen LogP contribution in [0, 0.1) is 0 Å². The first-order chi connectivity index (χ1) is 15.2. The van der Waals surface area contributed by atoms with E-state index in [1.807, 2.05) is 48.5 Å². The van der Waals surface area contributed by atoms with Crippen molar-refractivity contribution in [2.24, 2.45) is 0 Å². The zero-order valence-electron chi connectivity index (χ0n) is 17.2. The van der Waals surface area contributed by atoms with Gasteiger partial charge in [-0.3, -0.25) is 9.36 Å². The van der Waals surface area contributed by atoms with Crippen LogP contribution in [0.15, 0.2) is 83.7 Å². The molecule has 1 atom stereocenters. The standard InChI is InChI=1S/C26H22N2O3/c1-31-26(30)22-16-27-25-24(18-9-3-2-4-10-18)20(15-23(29)28(22)25)14-19-12-7-11-17-8-5-6-13-21(17)19/h2-13,15,22,27H,14,16H2,1H3/t22-/m0/s1. The Morgan fingerprint density at radius 1 is 1.00 bits per heavy atom. The Morgan fingerprint density at radius 3 is 2.55 bits per heavy atom. The molecule has 5 rings (SSSR count). The van der Waals surface area contributed by atoms with Gasteiger partial charge < -0.3 is 10.1 Å². The number of fused-ring (bicyclic) bond motifs is 2. The number of carbonyl (C=O) groups excluding carboxylic acids is 1. The SMILES string of the molecule is COC(=O)[C@@H]1CNc2c(-c3ccccc3)c(Cc3cccc4ccccc34)cc(=O)n21. The van der Waals surface area contributed by atoms with Gasteiger partial charge in [-0.2, -0.15) is 0 Å². The molecule has 0 fully saturated rings. The van der Waals surface area contributed by atoms with Crippen molar-refractivity contribution in [1.29, 1.82) is 0 Å². The van der Waals surface area contributed by atoms with Crippen LogP contribution in [0.5, 0.6) is 0 Å². The summed E-state index contributed by atoms with van der Waals surface area (Å²) in [5, 5.41) is 5.64. The number of hydrogen-bond donors (Lipinski definition) is 1. The van der Waals surface area contributed by atoms with E-state index in [1.54, 1.807) is 6.07 Å². The van der Waals surface area contributed by atoms with Crippen LogP contribution in [0.25, 0.3) is 21.9 Å². The molecule has 2 heterocycles. The van der Waals surface area contributed by atoms with Gasteiger partial charge in [-0.1, -0.05) is 72.8 Å². The number of rotatable bonds is 4. The average molecular weight is 410 g/mol. The van der Waals surface area contributed by atoms with E-state index in [9.17, 15) is 9.59 Å². The van der Waals surface area contributed by atoms with E-state index in [0.717, 1.165) is 22.3 Å². The lowest BCUT2D eigenvalue weighted by Crippen LogP contribution is -2.29. The predicted molar refractivity (Wildman–Crippen MR) is 122 cm³/mol. The van der Waals surface area contributed by atoms with Gasteiger partial charge in [-0.05, 0) is 33.9 Å². The molecule has 5 nitrogen and oxygen atoms in total. The Kier molecular flexibility index (Phi) is 4.79. The second kappa shape index (κ2) is 7.76. The van der Waals surface area contributed by atoms with Gasteiger partial charge in [0.2, 0.25) is 0 Å². The average Bonchev–Trinajstić information content (AvgIpc) is 3.25. The third kappa shape index (κ3) is 3.28. The van der Waals surface area contributed by atoms with Crippen LogP contribution < -0.4 is 10.9 Å². The first kappa shape index (κ1) is 19.1. The molecule has 0 radical (unpaired) electrons. The number of ether oxygens (including phenoxy) is 1. The summed E-state index contributed by atoms with van der Waals surface area (Å²) in [4.78, 5) is 25.4. The Balaban J connectivity index is 1.72. The normalized spacial score (nSPS) is 14.8. The number of nitrogens with zero attached hydrogens (tertiary/aromatic N) is 1. The first-order valence-electron chi connectivity index (χ1n) is 10.3. The van der Waals surface area contributed by atoms with Crippen LogP contribution in [0.2, 0.25) is 0 Å². The molecule has 0 amide bonds. The molecular weight excluding hydrogens is 388 g/mol. The van der Waals surface area contributed by atoms with Gasteiger partial charge in [0.1, 0.15) is 5.82 Å². The summed E-state index contributed by atoms with van der Waals surface area (Å²) in [7, 11) is 1.35. The largest absolute Gasteiger partial charge is 0.467 e. The lowest BCUT2D eigenvalue weighted by atomic mass is 9.93. The highest BCUT2D eigenvalue weighted by Gasteiger charge is 2.33. The number of esters is 1. The van der Waals surface area contributed by atoms with E-state index in [0.29, 0.717) is 18.8 Å². The molecule has 4 aromatic rings. The number of hydrogen-bond acceptors (Lipinski definition) is 4. The number of nitrogens with one attached hydrogen (secondary N) is 1. The van der Waals surface area contributed by atoms with Crippen LogP contribution >= 0.6 is 0 Å². The predicted octanol–water partition coefficient (Wildman–Crippen LogP) is 4.40. The molecule has 1 aliphatic heterocycles. The molecule has 0 spiro atoms. The summed E-state index contributed by atoms with van der Waals surface area (Å²) in [6.07, 6.45) is 0.610. The highest BCUT2D eigenvalue weighted by molar-refractivity contribution is 5.88. The maximum Gasteiger partial charge on any atom is 0.330 e. The molecule has 3 aromatic carbocycles. The van der Waals surface area contributed by atoms with E-state index in [2.05, 4.69) is 29.6 Å². The van der Waals surface area contributed by atoms with Gasteiger partial charge in [0, 0.05) is 18.2 Å². The van der Waals surface area contributed by atoms with Crippen molar-refractivity contribution in [3.63, 3.8) is 0 Å². The van der Waals surface area contributed by atoms with E-state index in [4.69, 9.17) is 4.74 Å². The summed E-state index contributed by atoms with van der Waals surface area (Å²) in [5.41, 5.74) is 3.82. The summed E-state index contributed by atoms with van der Waals surface area (Å²) in [6, 6.07) is 25.5. The second-order valence-electron chi connectivity index (χ2n) is 7.70. The van der Waals surface area contributed by atoms with E-state index in [-0.39, 0.29) is 5.56 Å². The van der Waals surface area contributed by atoms with Crippen molar-refractivity contribution in [2.45, 2.75) is 12.5 Å². The molecule has 5 heteroatoms. The molecule has 1 aromatic heterocycles. The number of anilines is 1. The minimum atomic E-state index is -0.665. The Bertz CT molecular complexity index is 1340. The van der Waals surface area contributed by atoms with Crippen molar-refractivity contribution in [3.8, 4) is 11.1 Å². The zero-order chi connectivity index (χ0) is 21.4. The Hall–Kier alpha value is -3.86. The van der Waals surface area contributed by atoms with Gasteiger partial charge in [-0.15, -0.1) is 0 Å². The van der Waals surface area contributed by atoms with Crippen LogP contribution in [0.4, 0.5) is 5.82 Å². The first-order valence-corrected chi connectivity index (χ1v) is 10.3. The minimum Gasteiger partial charge on any atom is -0.467 e. The number of pyridine rings is 1. The van der Waals surface area contributed by atoms with E-state index in [1.165, 1.54) is 22.4 Å². The fourth-order valence-electron chi connectivity index (χ4n) is 4.48. The van der Waals surface area contributed by atoms with Gasteiger partial charge in [0.05, 0.1) is 7.11 Å². The van der Waals surface area contributed by atoms with Gasteiger partial charge >= 0.3 is 5.97 Å². The molecule has 0 saturated carbocycles. The summed E-state index contributed by atoms with van der Waals surface area (Å²) in [5.74, 6) is 0.249. The molecule has 1 aliphatic rings. The molecule has 0 saturated heterocycles. The van der Waals surface area contributed by atoms with Crippen molar-refractivity contribution in [2.75, 3.05) is 19.0 Å². The highest BCUT2D eigenvalue weighted by atomic mass is 16.5. The molecule has 31 heavy (non-hydrogen) atoms. The van der Waals surface area contributed by atoms with Gasteiger partial charge in [-0.25, -0.2) is 4.79 Å². The fraction of sp³-hybridized carbons (Fsp3) is 0.154. The van der Waals surface area contributed by atoms with E-state index >= 15 is 0 Å². The van der Waals surface area contributed by atoms with Gasteiger partial charge in [0.15, 0.2) is 6.04 Å². The lowest BCUT2D eigenvalue weighted by molar-refractivity contribution is -0.143. The third-order valence-electron chi connectivity index (χ3n) is 5.91. The second-order valence-corrected chi connectivity index (χ2v) is 7.70. The zero-order valence-corrected chi connectivity index (χ0v) is 17.2. The molecule has 1 N–H and O–H groups in total. The van der Waals surface area contributed by atoms with Crippen molar-refractivity contribution in [3.05, 3.63) is 100 Å². The topological polar surface area (TPSA) is 60.3 Å². The summed E-state index contributed by atoms with van der Waals surface area (Å²) in [6.45, 7) is 0.333. The van der Waals surface area contributed by atoms with Crippen LogP contribution in [0.3, 0.4) is 0 Å². The molecule has 0 aliphatic carbocycles. The minimum absolute atomic E-state index is 0.203. The van der Waals surface area contributed by atoms with Gasteiger partial charge in [0.25, 0.3) is 5.56 Å². The Morgan fingerprint density at radius 2 is 1.74 bits per heavy atom. The summed E-state index contributed by atoms with van der Waals surface area (Å²) >= 11 is 0. The molecule has 154 valence electrons. The van der Waals surface area contributed by atoms with E-state index < -0.39 is 12.0 Å². The molecule has 0 unspecified atom stereocenters. The maximum absolute atomic E-state index is 13.1. The fourth-order valence-corrected chi connectivity index (χ4v) is 4.48. The summed E-state index contributed by atoms with van der Waals surface area (Å²) < 4.78 is 6.46. The van der Waals surface area contributed by atoms with Crippen molar-refractivity contribution in [1.82, 2.24) is 4.57 Å². The van der Waals surface area contributed by atoms with Crippen LogP contribution in [-0.4, -0.2) is 24.2 Å². The van der Waals surface area contributed by atoms with Crippen molar-refractivity contribution >= 4 is 22.6 Å². The van der Waals surface area contributed by atoms with Crippen molar-refractivity contribution < 1.29 is 9.53 Å².